The fourth-order valence-corrected chi connectivity index (χ4v) is 6.01. The maximum Gasteiger partial charge on any atom is 0.254 e. The molecule has 1 aliphatic carbocycles. The summed E-state index contributed by atoms with van der Waals surface area (Å²) < 4.78 is 13.5. The number of fused-ring (bicyclic) bond motifs is 3. The summed E-state index contributed by atoms with van der Waals surface area (Å²) in [5.41, 5.74) is 3.60. The summed E-state index contributed by atoms with van der Waals surface area (Å²) in [7, 11) is 0. The van der Waals surface area contributed by atoms with Crippen LogP contribution in [-0.4, -0.2) is 44.9 Å². The van der Waals surface area contributed by atoms with Crippen LogP contribution < -0.4 is 19.9 Å². The molecule has 9 heteroatoms. The van der Waals surface area contributed by atoms with Gasteiger partial charge in [0.1, 0.15) is 19.3 Å². The number of H-pyrrole nitrogens is 1. The minimum Gasteiger partial charge on any atom is -0.486 e. The number of nitrogens with zero attached hydrogens (tertiary/aromatic N) is 5. The number of para-hydroxylation sites is 1. The highest BCUT2D eigenvalue weighted by Crippen LogP contribution is 2.40. The number of hydrogen-bond acceptors (Lipinski definition) is 7. The molecule has 0 saturated heterocycles. The molecule has 1 fully saturated rings. The van der Waals surface area contributed by atoms with Gasteiger partial charge in [-0.2, -0.15) is 0 Å². The molecule has 0 amide bonds. The number of aromatic nitrogens is 5. The molecule has 9 nitrogen and oxygen atoms in total. The van der Waals surface area contributed by atoms with E-state index in [0.717, 1.165) is 48.2 Å². The number of ether oxygens (including phenoxy) is 2. The lowest BCUT2D eigenvalue weighted by Crippen LogP contribution is -2.35. The molecular formula is C27H28N6O3. The van der Waals surface area contributed by atoms with Gasteiger partial charge >= 0.3 is 0 Å². The summed E-state index contributed by atoms with van der Waals surface area (Å²) in [6, 6.07) is 14.0. The van der Waals surface area contributed by atoms with E-state index in [4.69, 9.17) is 9.47 Å². The zero-order chi connectivity index (χ0) is 24.1. The number of benzene rings is 2. The average molecular weight is 485 g/mol. The number of hydrogen-bond donors (Lipinski definition) is 1. The molecule has 0 spiro atoms. The van der Waals surface area contributed by atoms with Gasteiger partial charge in [-0.1, -0.05) is 37.5 Å². The van der Waals surface area contributed by atoms with Crippen LogP contribution in [-0.2, 0) is 6.42 Å². The van der Waals surface area contributed by atoms with Crippen LogP contribution in [0.5, 0.6) is 11.5 Å². The summed E-state index contributed by atoms with van der Waals surface area (Å²) in [6.45, 7) is 1.80. The largest absolute Gasteiger partial charge is 0.486 e. The molecule has 0 radical (unpaired) electrons. The third kappa shape index (κ3) is 3.53. The summed E-state index contributed by atoms with van der Waals surface area (Å²) in [5.74, 6) is 2.08. The smallest absolute Gasteiger partial charge is 0.254 e. The normalized spacial score (nSPS) is 18.4. The van der Waals surface area contributed by atoms with Crippen LogP contribution in [0.1, 0.15) is 61.1 Å². The van der Waals surface area contributed by atoms with E-state index in [0.29, 0.717) is 30.3 Å². The van der Waals surface area contributed by atoms with Gasteiger partial charge in [-0.15, -0.1) is 5.10 Å². The number of anilines is 1. The first-order chi connectivity index (χ1) is 17.8. The number of nitrogens with one attached hydrogen (secondary N) is 1. The number of pyridine rings is 1. The van der Waals surface area contributed by atoms with Crippen molar-refractivity contribution in [3.8, 4) is 11.5 Å². The van der Waals surface area contributed by atoms with E-state index in [1.54, 1.807) is 0 Å². The van der Waals surface area contributed by atoms with Crippen molar-refractivity contribution in [2.24, 2.45) is 0 Å². The van der Waals surface area contributed by atoms with E-state index in [9.17, 15) is 4.79 Å². The lowest BCUT2D eigenvalue weighted by Gasteiger charge is -2.31. The van der Waals surface area contributed by atoms with E-state index in [2.05, 4.69) is 43.6 Å². The molecule has 1 atom stereocenters. The van der Waals surface area contributed by atoms with Crippen LogP contribution in [0.2, 0.25) is 0 Å². The van der Waals surface area contributed by atoms with Crippen molar-refractivity contribution in [1.82, 2.24) is 25.2 Å². The molecular weight excluding hydrogens is 456 g/mol. The highest BCUT2D eigenvalue weighted by molar-refractivity contribution is 5.83. The van der Waals surface area contributed by atoms with Crippen molar-refractivity contribution >= 4 is 16.6 Å². The number of rotatable bonds is 4. The summed E-state index contributed by atoms with van der Waals surface area (Å²) in [6.07, 6.45) is 6.62. The predicted molar refractivity (Wildman–Crippen MR) is 135 cm³/mol. The molecule has 1 unspecified atom stereocenters. The standard InChI is InChI=1S/C27H28N6O3/c34-27-20(14-18-15-23-24(16-21(18)28-27)36-13-12-35-23)25(32-11-10-17-6-4-5-9-22(17)32)26-29-30-31-33(26)19-7-2-1-3-8-19/h4-6,9,14-16,19,25H,1-3,7-8,10-13H2,(H,28,34). The second-order valence-electron chi connectivity index (χ2n) is 9.89. The van der Waals surface area contributed by atoms with Gasteiger partial charge in [0.15, 0.2) is 17.3 Å². The van der Waals surface area contributed by atoms with Crippen molar-refractivity contribution in [3.63, 3.8) is 0 Å². The highest BCUT2D eigenvalue weighted by Gasteiger charge is 2.36. The Kier molecular flexibility index (Phi) is 5.15. The molecule has 4 heterocycles. The van der Waals surface area contributed by atoms with Crippen LogP contribution in [0.4, 0.5) is 5.69 Å². The minimum absolute atomic E-state index is 0.147. The Labute approximate surface area is 208 Å². The van der Waals surface area contributed by atoms with Gasteiger partial charge in [-0.3, -0.25) is 4.79 Å². The molecule has 4 aromatic rings. The third-order valence-corrected chi connectivity index (χ3v) is 7.75. The Morgan fingerprint density at radius 3 is 2.67 bits per heavy atom. The van der Waals surface area contributed by atoms with Crippen LogP contribution in [0.3, 0.4) is 0 Å². The maximum atomic E-state index is 13.7. The van der Waals surface area contributed by atoms with E-state index in [-0.39, 0.29) is 11.6 Å². The first-order valence-electron chi connectivity index (χ1n) is 12.8. The Morgan fingerprint density at radius 2 is 1.81 bits per heavy atom. The van der Waals surface area contributed by atoms with E-state index < -0.39 is 6.04 Å². The first kappa shape index (κ1) is 21.4. The third-order valence-electron chi connectivity index (χ3n) is 7.75. The Hall–Kier alpha value is -3.88. The molecule has 7 rings (SSSR count). The Balaban J connectivity index is 1.41. The molecule has 184 valence electrons. The number of tetrazole rings is 1. The molecule has 2 aliphatic heterocycles. The first-order valence-corrected chi connectivity index (χ1v) is 12.8. The molecule has 1 N–H and O–H groups in total. The topological polar surface area (TPSA) is 98.2 Å². The average Bonchev–Trinajstić information content (AvgIpc) is 3.57. The fraction of sp³-hybridized carbons (Fsp3) is 0.407. The van der Waals surface area contributed by atoms with Gasteiger partial charge < -0.3 is 19.4 Å². The van der Waals surface area contributed by atoms with E-state index in [1.165, 1.54) is 24.8 Å². The van der Waals surface area contributed by atoms with Crippen molar-refractivity contribution in [2.45, 2.75) is 50.6 Å². The van der Waals surface area contributed by atoms with Gasteiger partial charge in [-0.25, -0.2) is 4.68 Å². The zero-order valence-corrected chi connectivity index (χ0v) is 20.0. The maximum absolute atomic E-state index is 13.7. The second kappa shape index (κ2) is 8.65. The summed E-state index contributed by atoms with van der Waals surface area (Å²) in [5, 5.41) is 14.0. The monoisotopic (exact) mass is 484 g/mol. The van der Waals surface area contributed by atoms with Gasteiger partial charge in [0.25, 0.3) is 5.56 Å². The van der Waals surface area contributed by atoms with Crippen molar-refractivity contribution in [2.75, 3.05) is 24.7 Å². The van der Waals surface area contributed by atoms with E-state index in [1.807, 2.05) is 28.9 Å². The van der Waals surface area contributed by atoms with Crippen molar-refractivity contribution < 1.29 is 9.47 Å². The summed E-state index contributed by atoms with van der Waals surface area (Å²) >= 11 is 0. The van der Waals surface area contributed by atoms with Gasteiger partial charge in [-0.05, 0) is 53.5 Å². The highest BCUT2D eigenvalue weighted by atomic mass is 16.6. The Bertz CT molecular complexity index is 1490. The number of aromatic amines is 1. The van der Waals surface area contributed by atoms with Crippen molar-refractivity contribution in [3.05, 3.63) is 69.8 Å². The van der Waals surface area contributed by atoms with Crippen molar-refractivity contribution in [1.29, 1.82) is 0 Å². The molecule has 2 aromatic heterocycles. The lowest BCUT2D eigenvalue weighted by atomic mass is 9.95. The van der Waals surface area contributed by atoms with Gasteiger partial charge in [0, 0.05) is 29.2 Å². The lowest BCUT2D eigenvalue weighted by molar-refractivity contribution is 0.172. The molecule has 1 saturated carbocycles. The Morgan fingerprint density at radius 1 is 1.00 bits per heavy atom. The van der Waals surface area contributed by atoms with E-state index >= 15 is 0 Å². The summed E-state index contributed by atoms with van der Waals surface area (Å²) in [4.78, 5) is 19.1. The van der Waals surface area contributed by atoms with Gasteiger partial charge in [0.2, 0.25) is 0 Å². The molecule has 36 heavy (non-hydrogen) atoms. The second-order valence-corrected chi connectivity index (χ2v) is 9.89. The van der Waals surface area contributed by atoms with Crippen LogP contribution in [0, 0.1) is 0 Å². The minimum atomic E-state index is -0.410. The van der Waals surface area contributed by atoms with Crippen LogP contribution in [0.25, 0.3) is 10.9 Å². The fourth-order valence-electron chi connectivity index (χ4n) is 6.01. The van der Waals surface area contributed by atoms with Crippen LogP contribution >= 0.6 is 0 Å². The predicted octanol–water partition coefficient (Wildman–Crippen LogP) is 3.94. The van der Waals surface area contributed by atoms with Gasteiger partial charge in [0.05, 0.1) is 11.6 Å². The SMILES string of the molecule is O=c1[nH]c2cc3c(cc2cc1C(c1nnnn1C1CCCCC1)N1CCc2ccccc21)OCCO3. The van der Waals surface area contributed by atoms with Crippen LogP contribution in [0.15, 0.2) is 47.3 Å². The molecule has 3 aliphatic rings. The molecule has 0 bridgehead atoms. The zero-order valence-electron chi connectivity index (χ0n) is 20.0. The molecule has 2 aromatic carbocycles. The quantitative estimate of drug-likeness (QED) is 0.468.